The molecule has 0 radical (unpaired) electrons. The molecule has 0 amide bonds. The van der Waals surface area contributed by atoms with E-state index in [-0.39, 0.29) is 12.6 Å². The Kier molecular flexibility index (Phi) is 4.95. The van der Waals surface area contributed by atoms with Gasteiger partial charge in [-0.25, -0.2) is 0 Å². The molecule has 0 fully saturated rings. The van der Waals surface area contributed by atoms with Gasteiger partial charge < -0.3 is 10.1 Å². The Morgan fingerprint density at radius 2 is 2.25 bits per heavy atom. The molecule has 0 aliphatic rings. The molecule has 0 saturated carbocycles. The first-order valence-electron chi connectivity index (χ1n) is 6.17. The third-order valence-electron chi connectivity index (χ3n) is 2.79. The quantitative estimate of drug-likeness (QED) is 0.829. The summed E-state index contributed by atoms with van der Waals surface area (Å²) in [6, 6.07) is 4.01. The monoisotopic (exact) mass is 304 g/mol. The summed E-state index contributed by atoms with van der Waals surface area (Å²) < 4.78 is 41.3. The van der Waals surface area contributed by atoms with Crippen molar-refractivity contribution < 1.29 is 17.9 Å². The van der Waals surface area contributed by atoms with Crippen LogP contribution in [0.5, 0.6) is 0 Å². The van der Waals surface area contributed by atoms with Gasteiger partial charge in [0.05, 0.1) is 16.8 Å². The van der Waals surface area contributed by atoms with Gasteiger partial charge in [0, 0.05) is 18.8 Å². The van der Waals surface area contributed by atoms with Crippen LogP contribution in [0.4, 0.5) is 13.2 Å². The van der Waals surface area contributed by atoms with E-state index in [0.717, 1.165) is 15.8 Å². The molecule has 1 unspecified atom stereocenters. The fourth-order valence-corrected chi connectivity index (χ4v) is 2.54. The van der Waals surface area contributed by atoms with E-state index in [1.807, 2.05) is 24.4 Å². The van der Waals surface area contributed by atoms with Crippen molar-refractivity contribution in [2.24, 2.45) is 0 Å². The number of aromatic nitrogens is 1. The number of rotatable bonds is 6. The maximum atomic E-state index is 11.9. The first-order valence-corrected chi connectivity index (χ1v) is 7.05. The second-order valence-corrected chi connectivity index (χ2v) is 5.36. The van der Waals surface area contributed by atoms with Gasteiger partial charge in [-0.1, -0.05) is 0 Å². The van der Waals surface area contributed by atoms with E-state index in [4.69, 9.17) is 0 Å². The minimum Gasteiger partial charge on any atom is -0.371 e. The summed E-state index contributed by atoms with van der Waals surface area (Å²) in [5.41, 5.74) is 1.97. The summed E-state index contributed by atoms with van der Waals surface area (Å²) >= 11 is 1.61. The van der Waals surface area contributed by atoms with Crippen LogP contribution in [0.15, 0.2) is 23.7 Å². The average Bonchev–Trinajstić information content (AvgIpc) is 2.83. The summed E-state index contributed by atoms with van der Waals surface area (Å²) in [6.07, 6.45) is -2.48. The number of ether oxygens (including phenoxy) is 1. The molecule has 7 heteroatoms. The summed E-state index contributed by atoms with van der Waals surface area (Å²) in [6.45, 7) is 1.13. The maximum Gasteiger partial charge on any atom is 0.411 e. The summed E-state index contributed by atoms with van der Waals surface area (Å²) in [4.78, 5) is 4.33. The van der Waals surface area contributed by atoms with Crippen LogP contribution in [-0.4, -0.2) is 30.9 Å². The smallest absolute Gasteiger partial charge is 0.371 e. The van der Waals surface area contributed by atoms with E-state index in [9.17, 15) is 13.2 Å². The second kappa shape index (κ2) is 6.51. The van der Waals surface area contributed by atoms with Gasteiger partial charge in [-0.05, 0) is 30.0 Å². The number of halogens is 3. The molecule has 0 saturated heterocycles. The van der Waals surface area contributed by atoms with Crippen molar-refractivity contribution in [2.75, 3.05) is 19.8 Å². The number of hydrogen-bond donors (Lipinski definition) is 1. The molecule has 2 aromatic rings. The molecule has 0 aliphatic carbocycles. The van der Waals surface area contributed by atoms with Crippen LogP contribution in [0.25, 0.3) is 10.2 Å². The Bertz CT molecular complexity index is 556. The molecular weight excluding hydrogens is 289 g/mol. The van der Waals surface area contributed by atoms with Gasteiger partial charge in [-0.2, -0.15) is 13.2 Å². The van der Waals surface area contributed by atoms with Crippen LogP contribution in [0.2, 0.25) is 0 Å². The zero-order chi connectivity index (χ0) is 14.6. The van der Waals surface area contributed by atoms with Gasteiger partial charge in [0.15, 0.2) is 0 Å². The van der Waals surface area contributed by atoms with E-state index in [1.165, 1.54) is 0 Å². The molecule has 3 nitrogen and oxygen atoms in total. The molecule has 1 atom stereocenters. The highest BCUT2D eigenvalue weighted by Gasteiger charge is 2.27. The lowest BCUT2D eigenvalue weighted by Crippen LogP contribution is -2.26. The first-order chi connectivity index (χ1) is 9.46. The Morgan fingerprint density at radius 1 is 1.45 bits per heavy atom. The topological polar surface area (TPSA) is 34.1 Å². The molecule has 1 N–H and O–H groups in total. The fourth-order valence-electron chi connectivity index (χ4n) is 1.75. The summed E-state index contributed by atoms with van der Waals surface area (Å²) in [7, 11) is 0. The van der Waals surface area contributed by atoms with Gasteiger partial charge in [-0.3, -0.25) is 4.98 Å². The molecular formula is C13H15F3N2OS. The molecule has 20 heavy (non-hydrogen) atoms. The van der Waals surface area contributed by atoms with Gasteiger partial charge in [0.2, 0.25) is 0 Å². The highest BCUT2D eigenvalue weighted by Crippen LogP contribution is 2.22. The van der Waals surface area contributed by atoms with E-state index in [0.29, 0.717) is 6.54 Å². The Balaban J connectivity index is 1.78. The Morgan fingerprint density at radius 3 is 3.00 bits per heavy atom. The number of hydrogen-bond acceptors (Lipinski definition) is 4. The largest absolute Gasteiger partial charge is 0.411 e. The standard InChI is InChI=1S/C13H15F3N2OS/c1-9(17-3-4-19-8-13(14,15)16)10-6-12-11(18-7-10)2-5-20-12/h2,5-7,9,17H,3-4,8H2,1H3. The van der Waals surface area contributed by atoms with Gasteiger partial charge in [0.1, 0.15) is 6.61 Å². The van der Waals surface area contributed by atoms with E-state index in [2.05, 4.69) is 15.0 Å². The third kappa shape index (κ3) is 4.43. The van der Waals surface area contributed by atoms with Crippen molar-refractivity contribution in [1.82, 2.24) is 10.3 Å². The lowest BCUT2D eigenvalue weighted by atomic mass is 10.1. The molecule has 0 aliphatic heterocycles. The highest BCUT2D eigenvalue weighted by molar-refractivity contribution is 7.17. The normalized spacial score (nSPS) is 13.8. The summed E-state index contributed by atoms with van der Waals surface area (Å²) in [5, 5.41) is 5.09. The number of pyridine rings is 1. The number of alkyl halides is 3. The number of nitrogens with one attached hydrogen (secondary N) is 1. The van der Waals surface area contributed by atoms with Crippen LogP contribution in [0.3, 0.4) is 0 Å². The van der Waals surface area contributed by atoms with Gasteiger partial charge in [-0.15, -0.1) is 11.3 Å². The lowest BCUT2D eigenvalue weighted by Gasteiger charge is -2.14. The molecule has 110 valence electrons. The van der Waals surface area contributed by atoms with Crippen LogP contribution in [0.1, 0.15) is 18.5 Å². The van der Waals surface area contributed by atoms with Crippen molar-refractivity contribution >= 4 is 21.6 Å². The van der Waals surface area contributed by atoms with E-state index >= 15 is 0 Å². The van der Waals surface area contributed by atoms with Crippen molar-refractivity contribution in [3.05, 3.63) is 29.3 Å². The average molecular weight is 304 g/mol. The third-order valence-corrected chi connectivity index (χ3v) is 3.64. The number of nitrogens with zero attached hydrogens (tertiary/aromatic N) is 1. The highest BCUT2D eigenvalue weighted by atomic mass is 32.1. The minimum absolute atomic E-state index is 0.0171. The van der Waals surface area contributed by atoms with Crippen LogP contribution >= 0.6 is 11.3 Å². The maximum absolute atomic E-state index is 11.9. The van der Waals surface area contributed by atoms with Crippen molar-refractivity contribution in [3.63, 3.8) is 0 Å². The van der Waals surface area contributed by atoms with Crippen LogP contribution in [-0.2, 0) is 4.74 Å². The van der Waals surface area contributed by atoms with Crippen molar-refractivity contribution in [3.8, 4) is 0 Å². The van der Waals surface area contributed by atoms with Gasteiger partial charge in [0.25, 0.3) is 0 Å². The SMILES string of the molecule is CC(NCCOCC(F)(F)F)c1cnc2ccsc2c1. The molecule has 0 spiro atoms. The van der Waals surface area contributed by atoms with E-state index < -0.39 is 12.8 Å². The van der Waals surface area contributed by atoms with E-state index in [1.54, 1.807) is 17.5 Å². The molecule has 0 aromatic carbocycles. The molecule has 2 heterocycles. The fraction of sp³-hybridized carbons (Fsp3) is 0.462. The summed E-state index contributed by atoms with van der Waals surface area (Å²) in [5.74, 6) is 0. The predicted octanol–water partition coefficient (Wildman–Crippen LogP) is 3.53. The Hall–Kier alpha value is -1.18. The molecule has 2 rings (SSSR count). The lowest BCUT2D eigenvalue weighted by molar-refractivity contribution is -0.173. The van der Waals surface area contributed by atoms with Gasteiger partial charge >= 0.3 is 6.18 Å². The first kappa shape index (κ1) is 15.2. The molecule has 2 aromatic heterocycles. The molecule has 0 bridgehead atoms. The van der Waals surface area contributed by atoms with Crippen LogP contribution < -0.4 is 5.32 Å². The minimum atomic E-state index is -4.26. The zero-order valence-electron chi connectivity index (χ0n) is 10.9. The Labute approximate surface area is 118 Å². The second-order valence-electron chi connectivity index (χ2n) is 4.42. The zero-order valence-corrected chi connectivity index (χ0v) is 11.7. The van der Waals surface area contributed by atoms with Crippen LogP contribution in [0, 0.1) is 0 Å². The van der Waals surface area contributed by atoms with Crippen molar-refractivity contribution in [1.29, 1.82) is 0 Å². The predicted molar refractivity (Wildman–Crippen MR) is 72.9 cm³/mol. The number of thiophene rings is 1. The number of fused-ring (bicyclic) bond motifs is 1. The van der Waals surface area contributed by atoms with Crippen molar-refractivity contribution in [2.45, 2.75) is 19.1 Å².